The average Bonchev–Trinajstić information content (AvgIpc) is 2.65. The zero-order valence-electron chi connectivity index (χ0n) is 16.8. The Labute approximate surface area is 170 Å². The molecule has 4 fully saturated rings. The molecule has 5 rings (SSSR count). The van der Waals surface area contributed by atoms with Crippen molar-refractivity contribution in [3.8, 4) is 5.75 Å². The van der Waals surface area contributed by atoms with Gasteiger partial charge < -0.3 is 20.1 Å². The van der Waals surface area contributed by atoms with Crippen LogP contribution in [0.1, 0.15) is 50.5 Å². The first-order chi connectivity index (χ1) is 13.9. The number of ether oxygens (including phenoxy) is 2. The summed E-state index contributed by atoms with van der Waals surface area (Å²) in [6, 6.07) is 4.22. The smallest absolute Gasteiger partial charge is 0.315 e. The second-order valence-corrected chi connectivity index (χ2v) is 8.96. The highest BCUT2D eigenvalue weighted by Crippen LogP contribution is 2.55. The van der Waals surface area contributed by atoms with Gasteiger partial charge in [-0.15, -0.1) is 0 Å². The van der Waals surface area contributed by atoms with Gasteiger partial charge in [0.1, 0.15) is 6.61 Å². The molecule has 29 heavy (non-hydrogen) atoms. The Balaban J connectivity index is 1.17. The van der Waals surface area contributed by atoms with Crippen LogP contribution in [0.5, 0.6) is 5.75 Å². The van der Waals surface area contributed by atoms with E-state index in [0.29, 0.717) is 5.56 Å². The molecule has 6 nitrogen and oxygen atoms in total. The lowest BCUT2D eigenvalue weighted by Gasteiger charge is -2.56. The molecule has 0 spiro atoms. The molecule has 0 atom stereocenters. The Morgan fingerprint density at radius 2 is 1.79 bits per heavy atom. The summed E-state index contributed by atoms with van der Waals surface area (Å²) in [7, 11) is 1.39. The number of urea groups is 1. The highest BCUT2D eigenvalue weighted by Gasteiger charge is 2.51. The van der Waals surface area contributed by atoms with Crippen molar-refractivity contribution in [3.63, 3.8) is 0 Å². The molecule has 1 aromatic carbocycles. The van der Waals surface area contributed by atoms with Crippen LogP contribution in [-0.2, 0) is 16.1 Å². The van der Waals surface area contributed by atoms with Crippen LogP contribution in [0.4, 0.5) is 9.18 Å². The standard InChI is InChI=1S/C22H29FN2O4/c1-28-19-3-2-14(9-18(19)23)13-29-20(26)4-5-24-21(27)25-22-10-15-6-16(11-22)8-17(7-15)12-22/h2-3,9,15-17H,4-8,10-13H2,1H3,(H2,24,25,27). The fourth-order valence-corrected chi connectivity index (χ4v) is 5.86. The lowest BCUT2D eigenvalue weighted by atomic mass is 9.53. The third kappa shape index (κ3) is 4.65. The topological polar surface area (TPSA) is 76.7 Å². The molecule has 7 heteroatoms. The third-order valence-corrected chi connectivity index (χ3v) is 6.65. The monoisotopic (exact) mass is 404 g/mol. The van der Waals surface area contributed by atoms with Gasteiger partial charge >= 0.3 is 12.0 Å². The SMILES string of the molecule is COc1ccc(COC(=O)CCNC(=O)NC23CC4CC(CC(C4)C2)C3)cc1F. The van der Waals surface area contributed by atoms with Crippen molar-refractivity contribution in [2.24, 2.45) is 17.8 Å². The molecule has 0 saturated heterocycles. The molecule has 4 aliphatic rings. The largest absolute Gasteiger partial charge is 0.494 e. The number of halogens is 1. The lowest BCUT2D eigenvalue weighted by Crippen LogP contribution is -2.61. The van der Waals surface area contributed by atoms with E-state index in [4.69, 9.17) is 9.47 Å². The lowest BCUT2D eigenvalue weighted by molar-refractivity contribution is -0.144. The van der Waals surface area contributed by atoms with Crippen LogP contribution in [0.2, 0.25) is 0 Å². The van der Waals surface area contributed by atoms with Crippen LogP contribution in [0, 0.1) is 23.6 Å². The molecule has 2 amide bonds. The van der Waals surface area contributed by atoms with Crippen molar-refractivity contribution in [3.05, 3.63) is 29.6 Å². The van der Waals surface area contributed by atoms with Gasteiger partial charge in [0.15, 0.2) is 11.6 Å². The number of methoxy groups -OCH3 is 1. The molecule has 4 bridgehead atoms. The van der Waals surface area contributed by atoms with Crippen molar-refractivity contribution in [2.45, 2.75) is 57.1 Å². The number of amides is 2. The van der Waals surface area contributed by atoms with E-state index in [1.54, 1.807) is 6.07 Å². The summed E-state index contributed by atoms with van der Waals surface area (Å²) in [5, 5.41) is 6.00. The van der Waals surface area contributed by atoms with E-state index >= 15 is 0 Å². The molecule has 0 aliphatic heterocycles. The van der Waals surface area contributed by atoms with Gasteiger partial charge in [-0.25, -0.2) is 9.18 Å². The van der Waals surface area contributed by atoms with Crippen molar-refractivity contribution in [1.29, 1.82) is 0 Å². The van der Waals surface area contributed by atoms with E-state index in [1.807, 2.05) is 0 Å². The van der Waals surface area contributed by atoms with Crippen LogP contribution >= 0.6 is 0 Å². The Morgan fingerprint density at radius 1 is 1.14 bits per heavy atom. The summed E-state index contributed by atoms with van der Waals surface area (Å²) in [5.41, 5.74) is 0.502. The van der Waals surface area contributed by atoms with Crippen molar-refractivity contribution < 1.29 is 23.5 Å². The number of rotatable bonds is 7. The maximum absolute atomic E-state index is 13.7. The highest BCUT2D eigenvalue weighted by molar-refractivity contribution is 5.76. The maximum atomic E-state index is 13.7. The number of benzene rings is 1. The summed E-state index contributed by atoms with van der Waals surface area (Å²) in [5.74, 6) is 1.51. The average molecular weight is 404 g/mol. The molecule has 0 unspecified atom stereocenters. The van der Waals surface area contributed by atoms with Crippen molar-refractivity contribution in [1.82, 2.24) is 10.6 Å². The molecule has 1 aromatic rings. The minimum atomic E-state index is -0.496. The minimum Gasteiger partial charge on any atom is -0.494 e. The first-order valence-electron chi connectivity index (χ1n) is 10.5. The Hall–Kier alpha value is -2.31. The number of hydrogen-bond donors (Lipinski definition) is 2. The second-order valence-electron chi connectivity index (χ2n) is 8.96. The first-order valence-corrected chi connectivity index (χ1v) is 10.5. The van der Waals surface area contributed by atoms with Crippen LogP contribution in [0.3, 0.4) is 0 Å². The molecule has 2 N–H and O–H groups in total. The Bertz CT molecular complexity index is 747. The fourth-order valence-electron chi connectivity index (χ4n) is 5.86. The summed E-state index contributed by atoms with van der Waals surface area (Å²) in [4.78, 5) is 24.3. The van der Waals surface area contributed by atoms with Gasteiger partial charge in [0.2, 0.25) is 0 Å². The number of nitrogens with one attached hydrogen (secondary N) is 2. The van der Waals surface area contributed by atoms with E-state index in [-0.39, 0.29) is 36.9 Å². The summed E-state index contributed by atoms with van der Waals surface area (Å²) < 4.78 is 23.7. The first kappa shape index (κ1) is 20.0. The van der Waals surface area contributed by atoms with Crippen LogP contribution < -0.4 is 15.4 Å². The van der Waals surface area contributed by atoms with E-state index in [2.05, 4.69) is 10.6 Å². The van der Waals surface area contributed by atoms with Gasteiger partial charge in [0, 0.05) is 12.1 Å². The number of carbonyl (C=O) groups is 2. The zero-order chi connectivity index (χ0) is 20.4. The second kappa shape index (κ2) is 8.20. The minimum absolute atomic E-state index is 0.0147. The van der Waals surface area contributed by atoms with E-state index in [1.165, 1.54) is 38.5 Å². The fraction of sp³-hybridized carbons (Fsp3) is 0.636. The van der Waals surface area contributed by atoms with Crippen molar-refractivity contribution in [2.75, 3.05) is 13.7 Å². The zero-order valence-corrected chi connectivity index (χ0v) is 16.8. The van der Waals surface area contributed by atoms with Gasteiger partial charge in [0.25, 0.3) is 0 Å². The summed E-state index contributed by atoms with van der Waals surface area (Å²) >= 11 is 0. The van der Waals surface area contributed by atoms with Gasteiger partial charge in [0.05, 0.1) is 13.5 Å². The van der Waals surface area contributed by atoms with Gasteiger partial charge in [-0.3, -0.25) is 4.79 Å². The van der Waals surface area contributed by atoms with Gasteiger partial charge in [-0.1, -0.05) is 6.07 Å². The molecular formula is C22H29FN2O4. The molecule has 4 saturated carbocycles. The van der Waals surface area contributed by atoms with Gasteiger partial charge in [-0.2, -0.15) is 0 Å². The number of carbonyl (C=O) groups excluding carboxylic acids is 2. The molecule has 0 radical (unpaired) electrons. The van der Waals surface area contributed by atoms with E-state index in [0.717, 1.165) is 37.0 Å². The van der Waals surface area contributed by atoms with Gasteiger partial charge in [-0.05, 0) is 74.0 Å². The Kier molecular flexibility index (Phi) is 5.65. The van der Waals surface area contributed by atoms with E-state index < -0.39 is 11.8 Å². The van der Waals surface area contributed by atoms with Crippen LogP contribution in [-0.4, -0.2) is 31.2 Å². The molecular weight excluding hydrogens is 375 g/mol. The molecule has 158 valence electrons. The highest BCUT2D eigenvalue weighted by atomic mass is 19.1. The Morgan fingerprint density at radius 3 is 2.38 bits per heavy atom. The summed E-state index contributed by atoms with van der Waals surface area (Å²) in [6.07, 6.45) is 7.32. The number of esters is 1. The van der Waals surface area contributed by atoms with Crippen molar-refractivity contribution >= 4 is 12.0 Å². The maximum Gasteiger partial charge on any atom is 0.315 e. The summed E-state index contributed by atoms with van der Waals surface area (Å²) in [6.45, 7) is 0.202. The van der Waals surface area contributed by atoms with Crippen LogP contribution in [0.25, 0.3) is 0 Å². The molecule has 0 heterocycles. The quantitative estimate of drug-likeness (QED) is 0.682. The molecule has 4 aliphatic carbocycles. The predicted molar refractivity (Wildman–Crippen MR) is 105 cm³/mol. The third-order valence-electron chi connectivity index (χ3n) is 6.65. The molecule has 0 aromatic heterocycles. The predicted octanol–water partition coefficient (Wildman–Crippen LogP) is 3.54. The van der Waals surface area contributed by atoms with E-state index in [9.17, 15) is 14.0 Å². The normalized spacial score (nSPS) is 29.4. The number of hydrogen-bond acceptors (Lipinski definition) is 4. The van der Waals surface area contributed by atoms with Crippen LogP contribution in [0.15, 0.2) is 18.2 Å².